The van der Waals surface area contributed by atoms with Gasteiger partial charge in [-0.15, -0.1) is 0 Å². The zero-order valence-corrected chi connectivity index (χ0v) is 22.6. The van der Waals surface area contributed by atoms with E-state index < -0.39 is 58.2 Å². The number of halogens is 2. The quantitative estimate of drug-likeness (QED) is 0.268. The first-order valence-electron chi connectivity index (χ1n) is 10.8. The van der Waals surface area contributed by atoms with Crippen LogP contribution < -0.4 is 21.2 Å². The SMILES string of the molecule is NS(=O)(=O)c1cc(S(N)(=O)=O)c(NC(=O)CC2CSc3nc4c(cnn4-c4ccc(F)cc4)c(=O)n32)cc1Cl. The minimum Gasteiger partial charge on any atom is -0.325 e. The summed E-state index contributed by atoms with van der Waals surface area (Å²) in [6, 6.07) is 6.41. The minimum absolute atomic E-state index is 0.179. The van der Waals surface area contributed by atoms with Crippen LogP contribution in [0.4, 0.5) is 10.1 Å². The fraction of sp³-hybridized carbons (Fsp3) is 0.143. The summed E-state index contributed by atoms with van der Waals surface area (Å²) in [6.07, 6.45) is 1.06. The molecular formula is C21H17ClFN7O6S3. The Morgan fingerprint density at radius 1 is 1.13 bits per heavy atom. The van der Waals surface area contributed by atoms with Gasteiger partial charge >= 0.3 is 0 Å². The van der Waals surface area contributed by atoms with E-state index in [-0.39, 0.29) is 23.1 Å². The van der Waals surface area contributed by atoms with Crippen molar-refractivity contribution in [3.63, 3.8) is 0 Å². The number of sulfonamides is 2. The summed E-state index contributed by atoms with van der Waals surface area (Å²) in [5.74, 6) is -0.828. The summed E-state index contributed by atoms with van der Waals surface area (Å²) in [7, 11) is -8.89. The zero-order chi connectivity index (χ0) is 28.3. The Labute approximate surface area is 229 Å². The number of nitrogens with zero attached hydrogens (tertiary/aromatic N) is 4. The van der Waals surface area contributed by atoms with Crippen LogP contribution in [0.15, 0.2) is 62.3 Å². The molecule has 39 heavy (non-hydrogen) atoms. The van der Waals surface area contributed by atoms with Crippen molar-refractivity contribution in [3.05, 3.63) is 63.8 Å². The van der Waals surface area contributed by atoms with E-state index in [1.54, 1.807) is 0 Å². The third-order valence-electron chi connectivity index (χ3n) is 5.78. The Kier molecular flexibility index (Phi) is 6.76. The number of nitrogens with one attached hydrogen (secondary N) is 1. The lowest BCUT2D eigenvalue weighted by Crippen LogP contribution is -2.28. The van der Waals surface area contributed by atoms with Crippen molar-refractivity contribution in [2.75, 3.05) is 11.1 Å². The van der Waals surface area contributed by atoms with E-state index in [9.17, 15) is 30.8 Å². The first kappa shape index (κ1) is 27.2. The zero-order valence-electron chi connectivity index (χ0n) is 19.4. The highest BCUT2D eigenvalue weighted by Gasteiger charge is 2.30. The van der Waals surface area contributed by atoms with Crippen molar-refractivity contribution in [2.24, 2.45) is 10.3 Å². The molecule has 5 N–H and O–H groups in total. The fourth-order valence-corrected chi connectivity index (χ4v) is 7.06. The summed E-state index contributed by atoms with van der Waals surface area (Å²) in [4.78, 5) is 29.4. The molecule has 0 aliphatic carbocycles. The lowest BCUT2D eigenvalue weighted by atomic mass is 10.2. The molecule has 0 bridgehead atoms. The highest BCUT2D eigenvalue weighted by molar-refractivity contribution is 7.99. The van der Waals surface area contributed by atoms with Crippen molar-refractivity contribution in [1.29, 1.82) is 0 Å². The van der Waals surface area contributed by atoms with Crippen molar-refractivity contribution in [3.8, 4) is 5.69 Å². The Morgan fingerprint density at radius 2 is 1.79 bits per heavy atom. The number of primary sulfonamides is 2. The molecule has 1 aliphatic rings. The van der Waals surface area contributed by atoms with E-state index in [2.05, 4.69) is 15.4 Å². The van der Waals surface area contributed by atoms with Gasteiger partial charge in [-0.2, -0.15) is 5.10 Å². The topological polar surface area (TPSA) is 202 Å². The van der Waals surface area contributed by atoms with E-state index in [1.807, 2.05) is 0 Å². The third kappa shape index (κ3) is 5.15. The average molecular weight is 614 g/mol. The molecule has 18 heteroatoms. The molecule has 0 fully saturated rings. The Hall–Kier alpha value is -3.35. The molecule has 0 radical (unpaired) electrons. The summed E-state index contributed by atoms with van der Waals surface area (Å²) >= 11 is 7.19. The molecule has 0 saturated carbocycles. The van der Waals surface area contributed by atoms with Crippen LogP contribution in [0.25, 0.3) is 16.7 Å². The maximum absolute atomic E-state index is 13.3. The molecule has 5 rings (SSSR count). The highest BCUT2D eigenvalue weighted by Crippen LogP contribution is 2.35. The number of thioether (sulfide) groups is 1. The number of anilines is 1. The van der Waals surface area contributed by atoms with E-state index >= 15 is 0 Å². The number of fused-ring (bicyclic) bond motifs is 2. The van der Waals surface area contributed by atoms with Crippen LogP contribution in [0.1, 0.15) is 12.5 Å². The standard InChI is InChI=1S/C21H17ClFN7O6S3/c22-14-6-15(17(39(25,35)36)7-16(14)38(24,33)34)27-18(31)5-12-9-37-21-28-19-13(20(32)29(12)21)8-26-30(19)11-3-1-10(23)2-4-11/h1-4,6-8,12H,5,9H2,(H,27,31)(H2,24,33,34)(H2,25,35,36). The summed E-state index contributed by atoms with van der Waals surface area (Å²) in [5, 5.41) is 16.9. The van der Waals surface area contributed by atoms with Crippen LogP contribution in [-0.4, -0.2) is 47.8 Å². The van der Waals surface area contributed by atoms with Gasteiger partial charge in [0.25, 0.3) is 5.56 Å². The first-order valence-corrected chi connectivity index (χ1v) is 15.3. The Morgan fingerprint density at radius 3 is 2.44 bits per heavy atom. The van der Waals surface area contributed by atoms with Gasteiger partial charge in [0.1, 0.15) is 21.0 Å². The maximum Gasteiger partial charge on any atom is 0.265 e. The van der Waals surface area contributed by atoms with Crippen LogP contribution in [0, 0.1) is 5.82 Å². The van der Waals surface area contributed by atoms with Gasteiger partial charge in [-0.05, 0) is 36.4 Å². The second-order valence-corrected chi connectivity index (χ2v) is 12.9. The number of nitrogens with two attached hydrogens (primary N) is 2. The first-order chi connectivity index (χ1) is 18.2. The molecular weight excluding hydrogens is 597 g/mol. The van der Waals surface area contributed by atoms with Crippen molar-refractivity contribution >= 4 is 66.0 Å². The second kappa shape index (κ2) is 9.68. The number of hydrogen-bond acceptors (Lipinski definition) is 9. The molecule has 0 saturated heterocycles. The lowest BCUT2D eigenvalue weighted by molar-refractivity contribution is -0.116. The molecule has 204 valence electrons. The van der Waals surface area contributed by atoms with Gasteiger partial charge in [-0.3, -0.25) is 14.2 Å². The molecule has 1 unspecified atom stereocenters. The Bertz CT molecular complexity index is 1940. The van der Waals surface area contributed by atoms with Gasteiger partial charge in [0.15, 0.2) is 10.8 Å². The second-order valence-electron chi connectivity index (χ2n) is 8.43. The van der Waals surface area contributed by atoms with E-state index in [4.69, 9.17) is 21.9 Å². The van der Waals surface area contributed by atoms with E-state index in [0.717, 1.165) is 6.07 Å². The highest BCUT2D eigenvalue weighted by atomic mass is 35.5. The number of aromatic nitrogens is 4. The number of amides is 1. The third-order valence-corrected chi connectivity index (χ3v) is 9.21. The molecule has 1 amide bonds. The molecule has 2 aromatic carbocycles. The largest absolute Gasteiger partial charge is 0.325 e. The Balaban J connectivity index is 1.45. The summed E-state index contributed by atoms with van der Waals surface area (Å²) in [5.41, 5.74) is -0.0398. The minimum atomic E-state index is -4.50. The fourth-order valence-electron chi connectivity index (χ4n) is 4.05. The monoisotopic (exact) mass is 613 g/mol. The number of benzene rings is 2. The van der Waals surface area contributed by atoms with Crippen LogP contribution in [-0.2, 0) is 24.8 Å². The molecule has 13 nitrogen and oxygen atoms in total. The van der Waals surface area contributed by atoms with Crippen molar-refractivity contribution in [2.45, 2.75) is 27.4 Å². The predicted molar refractivity (Wildman–Crippen MR) is 140 cm³/mol. The predicted octanol–water partition coefficient (Wildman–Crippen LogP) is 1.35. The van der Waals surface area contributed by atoms with Gasteiger partial charge < -0.3 is 5.32 Å². The molecule has 0 spiro atoms. The maximum atomic E-state index is 13.3. The smallest absolute Gasteiger partial charge is 0.265 e. The van der Waals surface area contributed by atoms with Crippen molar-refractivity contribution < 1.29 is 26.0 Å². The molecule has 4 aromatic rings. The van der Waals surface area contributed by atoms with Gasteiger partial charge in [0.05, 0.1) is 28.6 Å². The summed E-state index contributed by atoms with van der Waals surface area (Å²) < 4.78 is 63.7. The van der Waals surface area contributed by atoms with E-state index in [0.29, 0.717) is 22.7 Å². The summed E-state index contributed by atoms with van der Waals surface area (Å²) in [6.45, 7) is 0. The lowest BCUT2D eigenvalue weighted by Gasteiger charge is -2.16. The molecule has 1 aliphatic heterocycles. The van der Waals surface area contributed by atoms with Gasteiger partial charge in [0, 0.05) is 12.2 Å². The number of carbonyl (C=O) groups is 1. The van der Waals surface area contributed by atoms with Crippen molar-refractivity contribution in [1.82, 2.24) is 19.3 Å². The van der Waals surface area contributed by atoms with Crippen LogP contribution in [0.3, 0.4) is 0 Å². The number of carbonyl (C=O) groups excluding carboxylic acids is 1. The van der Waals surface area contributed by atoms with E-state index in [1.165, 1.54) is 51.5 Å². The van der Waals surface area contributed by atoms with Gasteiger partial charge in [-0.25, -0.2) is 41.2 Å². The van der Waals surface area contributed by atoms with Gasteiger partial charge in [-0.1, -0.05) is 23.4 Å². The van der Waals surface area contributed by atoms with Gasteiger partial charge in [0.2, 0.25) is 26.0 Å². The molecule has 2 aromatic heterocycles. The number of rotatable bonds is 6. The molecule has 1 atom stereocenters. The molecule has 3 heterocycles. The van der Waals surface area contributed by atoms with Crippen LogP contribution >= 0.6 is 23.4 Å². The van der Waals surface area contributed by atoms with Crippen LogP contribution in [0.2, 0.25) is 5.02 Å². The van der Waals surface area contributed by atoms with Crippen LogP contribution in [0.5, 0.6) is 0 Å². The number of hydrogen-bond donors (Lipinski definition) is 3. The normalized spacial score (nSPS) is 15.4. The average Bonchev–Trinajstić information content (AvgIpc) is 3.43.